The summed E-state index contributed by atoms with van der Waals surface area (Å²) < 4.78 is 1.87. The van der Waals surface area contributed by atoms with Crippen LogP contribution in [0.2, 0.25) is 10.2 Å². The van der Waals surface area contributed by atoms with Gasteiger partial charge in [0.25, 0.3) is 0 Å². The second kappa shape index (κ2) is 7.65. The van der Waals surface area contributed by atoms with Gasteiger partial charge >= 0.3 is 0 Å². The number of hydrogen-bond acceptors (Lipinski definition) is 3. The van der Waals surface area contributed by atoms with E-state index in [9.17, 15) is 0 Å². The van der Waals surface area contributed by atoms with Crippen LogP contribution in [0.15, 0.2) is 59.7 Å². The number of rotatable bonds is 4. The summed E-state index contributed by atoms with van der Waals surface area (Å²) in [5.41, 5.74) is 10.1. The van der Waals surface area contributed by atoms with Crippen molar-refractivity contribution in [1.82, 2.24) is 15.0 Å². The van der Waals surface area contributed by atoms with Gasteiger partial charge < -0.3 is 5.73 Å². The van der Waals surface area contributed by atoms with Crippen molar-refractivity contribution in [3.05, 3.63) is 70.5 Å². The normalized spacial score (nSPS) is 11.0. The van der Waals surface area contributed by atoms with E-state index in [1.165, 1.54) is 6.21 Å². The Morgan fingerprint density at radius 1 is 1.12 bits per heavy atom. The highest BCUT2D eigenvalue weighted by molar-refractivity contribution is 7.80. The summed E-state index contributed by atoms with van der Waals surface area (Å²) in [4.78, 5) is 4.48. The second-order valence-corrected chi connectivity index (χ2v) is 6.20. The Morgan fingerprint density at radius 2 is 1.80 bits per heavy atom. The Bertz CT molecular complexity index is 937. The number of thiocarbonyl (C=S) groups is 1. The molecule has 3 aromatic rings. The Balaban J connectivity index is 2.21. The first kappa shape index (κ1) is 17.4. The molecule has 0 aliphatic rings. The Kier molecular flexibility index (Phi) is 5.33. The van der Waals surface area contributed by atoms with E-state index >= 15 is 0 Å². The number of hydrazone groups is 1. The molecule has 1 heterocycles. The van der Waals surface area contributed by atoms with Crippen LogP contribution in [0.25, 0.3) is 17.1 Å². The summed E-state index contributed by atoms with van der Waals surface area (Å²) >= 11 is 17.5. The van der Waals surface area contributed by atoms with E-state index in [1.807, 2.05) is 53.1 Å². The molecular formula is C17H13Cl2N5S. The highest BCUT2D eigenvalue weighted by Gasteiger charge is 2.19. The predicted octanol–water partition coefficient (Wildman–Crippen LogP) is 4.01. The second-order valence-electron chi connectivity index (χ2n) is 5.00. The van der Waals surface area contributed by atoms with Crippen molar-refractivity contribution in [3.63, 3.8) is 0 Å². The van der Waals surface area contributed by atoms with Crippen LogP contribution in [0.5, 0.6) is 0 Å². The number of nitrogens with one attached hydrogen (secondary N) is 1. The number of aromatic nitrogens is 2. The van der Waals surface area contributed by atoms with E-state index in [4.69, 9.17) is 41.2 Å². The molecule has 0 amide bonds. The standard InChI is InChI=1S/C17H13Cl2N5S/c18-13-9-5-4-8-12(13)16-22-15(19)14(10-21-23-17(20)25)24(16)11-6-2-1-3-7-11/h1-10H,(H3,20,23,25). The van der Waals surface area contributed by atoms with Crippen LogP contribution >= 0.6 is 35.4 Å². The first-order chi connectivity index (χ1) is 12.1. The van der Waals surface area contributed by atoms with E-state index in [0.717, 1.165) is 11.3 Å². The molecule has 1 aromatic heterocycles. The molecule has 0 unspecified atom stereocenters. The van der Waals surface area contributed by atoms with Gasteiger partial charge in [0.05, 0.1) is 11.2 Å². The number of nitrogens with zero attached hydrogens (tertiary/aromatic N) is 3. The van der Waals surface area contributed by atoms with Gasteiger partial charge in [-0.3, -0.25) is 9.99 Å². The van der Waals surface area contributed by atoms with E-state index in [-0.39, 0.29) is 10.3 Å². The molecule has 3 N–H and O–H groups in total. The highest BCUT2D eigenvalue weighted by Crippen LogP contribution is 2.32. The van der Waals surface area contributed by atoms with Crippen molar-refractivity contribution in [1.29, 1.82) is 0 Å². The molecule has 3 rings (SSSR count). The molecule has 0 fully saturated rings. The van der Waals surface area contributed by atoms with Crippen LogP contribution in [0.3, 0.4) is 0 Å². The molecule has 8 heteroatoms. The van der Waals surface area contributed by atoms with Gasteiger partial charge in [-0.05, 0) is 36.5 Å². The third-order valence-corrected chi connectivity index (χ3v) is 4.06. The SMILES string of the molecule is NC(=S)NN=Cc1c(Cl)nc(-c2ccccc2Cl)n1-c1ccccc1. The van der Waals surface area contributed by atoms with Crippen LogP contribution in [0, 0.1) is 0 Å². The minimum atomic E-state index is 0.0597. The average molecular weight is 390 g/mol. The third kappa shape index (κ3) is 3.82. The minimum Gasteiger partial charge on any atom is -0.375 e. The number of hydrogen-bond donors (Lipinski definition) is 2. The zero-order valence-electron chi connectivity index (χ0n) is 12.9. The van der Waals surface area contributed by atoms with Gasteiger partial charge in [0, 0.05) is 11.3 Å². The largest absolute Gasteiger partial charge is 0.375 e. The van der Waals surface area contributed by atoms with Crippen LogP contribution in [-0.2, 0) is 0 Å². The molecule has 5 nitrogen and oxygen atoms in total. The van der Waals surface area contributed by atoms with Crippen LogP contribution < -0.4 is 11.2 Å². The summed E-state index contributed by atoms with van der Waals surface area (Å²) in [6.45, 7) is 0. The van der Waals surface area contributed by atoms with Gasteiger partial charge in [-0.2, -0.15) is 5.10 Å². The first-order valence-corrected chi connectivity index (χ1v) is 8.41. The van der Waals surface area contributed by atoms with Gasteiger partial charge in [0.1, 0.15) is 11.5 Å². The zero-order chi connectivity index (χ0) is 17.8. The Labute approximate surface area is 160 Å². The molecule has 0 bridgehead atoms. The van der Waals surface area contributed by atoms with Gasteiger partial charge in [0.15, 0.2) is 10.3 Å². The van der Waals surface area contributed by atoms with Crippen molar-refractivity contribution < 1.29 is 0 Å². The van der Waals surface area contributed by atoms with E-state index in [2.05, 4.69) is 15.5 Å². The summed E-state index contributed by atoms with van der Waals surface area (Å²) in [5, 5.41) is 4.92. The lowest BCUT2D eigenvalue weighted by molar-refractivity contribution is 1.02. The maximum atomic E-state index is 6.36. The molecule has 2 aromatic carbocycles. The first-order valence-electron chi connectivity index (χ1n) is 7.25. The fourth-order valence-corrected chi connectivity index (χ4v) is 2.82. The molecule has 0 saturated heterocycles. The van der Waals surface area contributed by atoms with Gasteiger partial charge in [-0.25, -0.2) is 4.98 Å². The number of halogens is 2. The monoisotopic (exact) mass is 389 g/mol. The Morgan fingerprint density at radius 3 is 2.48 bits per heavy atom. The summed E-state index contributed by atoms with van der Waals surface area (Å²) in [6.07, 6.45) is 1.52. The molecular weight excluding hydrogens is 377 g/mol. The van der Waals surface area contributed by atoms with Crippen molar-refractivity contribution in [2.24, 2.45) is 10.8 Å². The maximum Gasteiger partial charge on any atom is 0.184 e. The lowest BCUT2D eigenvalue weighted by Gasteiger charge is -2.11. The Hall–Kier alpha value is -2.41. The fourth-order valence-electron chi connectivity index (χ4n) is 2.34. The van der Waals surface area contributed by atoms with Crippen LogP contribution in [0.1, 0.15) is 5.69 Å². The number of para-hydroxylation sites is 1. The molecule has 0 aliphatic heterocycles. The van der Waals surface area contributed by atoms with E-state index < -0.39 is 0 Å². The molecule has 0 aliphatic carbocycles. The molecule has 0 atom stereocenters. The summed E-state index contributed by atoms with van der Waals surface area (Å²) in [6, 6.07) is 17.1. The number of nitrogens with two attached hydrogens (primary N) is 1. The van der Waals surface area contributed by atoms with Gasteiger partial charge in [-0.1, -0.05) is 53.5 Å². The van der Waals surface area contributed by atoms with E-state index in [1.54, 1.807) is 6.07 Å². The molecule has 0 spiro atoms. The fraction of sp³-hybridized carbons (Fsp3) is 0. The summed E-state index contributed by atoms with van der Waals surface area (Å²) in [5.74, 6) is 0.610. The smallest absolute Gasteiger partial charge is 0.184 e. The zero-order valence-corrected chi connectivity index (χ0v) is 15.2. The van der Waals surface area contributed by atoms with Crippen molar-refractivity contribution in [2.75, 3.05) is 0 Å². The minimum absolute atomic E-state index is 0.0597. The lowest BCUT2D eigenvalue weighted by atomic mass is 10.2. The van der Waals surface area contributed by atoms with Crippen molar-refractivity contribution in [2.45, 2.75) is 0 Å². The molecule has 126 valence electrons. The van der Waals surface area contributed by atoms with Crippen molar-refractivity contribution >= 4 is 46.7 Å². The maximum absolute atomic E-state index is 6.36. The van der Waals surface area contributed by atoms with Gasteiger partial charge in [-0.15, -0.1) is 0 Å². The molecule has 0 radical (unpaired) electrons. The molecule has 0 saturated carbocycles. The third-order valence-electron chi connectivity index (χ3n) is 3.36. The average Bonchev–Trinajstić information content (AvgIpc) is 2.92. The van der Waals surface area contributed by atoms with Crippen molar-refractivity contribution in [3.8, 4) is 17.1 Å². The van der Waals surface area contributed by atoms with Crippen LogP contribution in [-0.4, -0.2) is 20.9 Å². The summed E-state index contributed by atoms with van der Waals surface area (Å²) in [7, 11) is 0. The molecule has 25 heavy (non-hydrogen) atoms. The van der Waals surface area contributed by atoms with Crippen LogP contribution in [0.4, 0.5) is 0 Å². The van der Waals surface area contributed by atoms with E-state index in [0.29, 0.717) is 16.5 Å². The number of imidazole rings is 1. The number of benzene rings is 2. The quantitative estimate of drug-likeness (QED) is 0.401. The predicted molar refractivity (Wildman–Crippen MR) is 107 cm³/mol. The highest BCUT2D eigenvalue weighted by atomic mass is 35.5. The lowest BCUT2D eigenvalue weighted by Crippen LogP contribution is -2.24. The topological polar surface area (TPSA) is 68.2 Å². The van der Waals surface area contributed by atoms with Gasteiger partial charge in [0.2, 0.25) is 0 Å².